The molecule has 4 heteroatoms. The van der Waals surface area contributed by atoms with Crippen molar-refractivity contribution in [3.05, 3.63) is 35.9 Å². The number of carbonyl (C=O) groups is 1. The Kier molecular flexibility index (Phi) is 7.06. The minimum absolute atomic E-state index is 0.0278. The van der Waals surface area contributed by atoms with Gasteiger partial charge in [0, 0.05) is 0 Å². The van der Waals surface area contributed by atoms with E-state index in [0.717, 1.165) is 24.8 Å². The molecule has 0 bridgehead atoms. The van der Waals surface area contributed by atoms with Crippen LogP contribution in [0, 0.1) is 0 Å². The molecule has 100 valence electrons. The SMILES string of the molecule is CC(OCC(CCCN)NC=O)c1ccccc1. The molecular formula is C14H22N2O2. The van der Waals surface area contributed by atoms with Gasteiger partial charge in [0.1, 0.15) is 0 Å². The fourth-order valence-electron chi connectivity index (χ4n) is 1.76. The zero-order valence-corrected chi connectivity index (χ0v) is 10.8. The number of hydrogen-bond acceptors (Lipinski definition) is 3. The Morgan fingerprint density at radius 1 is 1.39 bits per heavy atom. The molecule has 1 aromatic rings. The molecule has 0 saturated heterocycles. The fourth-order valence-corrected chi connectivity index (χ4v) is 1.76. The highest BCUT2D eigenvalue weighted by atomic mass is 16.5. The number of hydrogen-bond donors (Lipinski definition) is 2. The molecule has 0 spiro atoms. The lowest BCUT2D eigenvalue weighted by Crippen LogP contribution is -2.33. The highest BCUT2D eigenvalue weighted by Gasteiger charge is 2.11. The van der Waals surface area contributed by atoms with Crippen molar-refractivity contribution in [2.75, 3.05) is 13.2 Å². The Hall–Kier alpha value is -1.39. The summed E-state index contributed by atoms with van der Waals surface area (Å²) in [5.41, 5.74) is 6.60. The predicted molar refractivity (Wildman–Crippen MR) is 72.1 cm³/mol. The Morgan fingerprint density at radius 3 is 2.72 bits per heavy atom. The second-order valence-electron chi connectivity index (χ2n) is 4.30. The van der Waals surface area contributed by atoms with Crippen LogP contribution in [-0.4, -0.2) is 25.6 Å². The summed E-state index contributed by atoms with van der Waals surface area (Å²) in [6.07, 6.45) is 2.48. The predicted octanol–water partition coefficient (Wildman–Crippen LogP) is 1.62. The smallest absolute Gasteiger partial charge is 0.207 e. The summed E-state index contributed by atoms with van der Waals surface area (Å²) in [7, 11) is 0. The van der Waals surface area contributed by atoms with E-state index in [1.54, 1.807) is 0 Å². The monoisotopic (exact) mass is 250 g/mol. The van der Waals surface area contributed by atoms with Gasteiger partial charge in [-0.2, -0.15) is 0 Å². The lowest BCUT2D eigenvalue weighted by atomic mass is 10.1. The van der Waals surface area contributed by atoms with Crippen LogP contribution in [0.1, 0.15) is 31.4 Å². The topological polar surface area (TPSA) is 64.3 Å². The minimum Gasteiger partial charge on any atom is -0.372 e. The molecule has 0 aliphatic heterocycles. The van der Waals surface area contributed by atoms with Gasteiger partial charge in [0.15, 0.2) is 0 Å². The summed E-state index contributed by atoms with van der Waals surface area (Å²) in [5, 5.41) is 2.76. The molecule has 2 atom stereocenters. The molecular weight excluding hydrogens is 228 g/mol. The highest BCUT2D eigenvalue weighted by molar-refractivity contribution is 5.46. The average molecular weight is 250 g/mol. The third-order valence-electron chi connectivity index (χ3n) is 2.88. The van der Waals surface area contributed by atoms with E-state index in [9.17, 15) is 4.79 Å². The molecule has 3 N–H and O–H groups in total. The molecule has 1 rings (SSSR count). The molecule has 0 saturated carbocycles. The van der Waals surface area contributed by atoms with Gasteiger partial charge in [-0.1, -0.05) is 30.3 Å². The molecule has 0 radical (unpaired) electrons. The second kappa shape index (κ2) is 8.66. The normalized spacial score (nSPS) is 13.9. The molecule has 18 heavy (non-hydrogen) atoms. The number of amides is 1. The van der Waals surface area contributed by atoms with E-state index in [0.29, 0.717) is 13.2 Å². The summed E-state index contributed by atoms with van der Waals surface area (Å²) in [5.74, 6) is 0. The largest absolute Gasteiger partial charge is 0.372 e. The van der Waals surface area contributed by atoms with Crippen LogP contribution in [0.3, 0.4) is 0 Å². The van der Waals surface area contributed by atoms with Crippen LogP contribution in [0.15, 0.2) is 30.3 Å². The lowest BCUT2D eigenvalue weighted by molar-refractivity contribution is -0.110. The van der Waals surface area contributed by atoms with Crippen LogP contribution in [0.2, 0.25) is 0 Å². The molecule has 1 aromatic carbocycles. The summed E-state index contributed by atoms with van der Waals surface area (Å²) in [6, 6.07) is 10.1. The van der Waals surface area contributed by atoms with Crippen molar-refractivity contribution >= 4 is 6.41 Å². The Labute approximate surface area is 109 Å². The fraction of sp³-hybridized carbons (Fsp3) is 0.500. The Bertz CT molecular complexity index is 330. The van der Waals surface area contributed by atoms with Gasteiger partial charge in [-0.25, -0.2) is 0 Å². The number of nitrogens with one attached hydrogen (secondary N) is 1. The first-order valence-electron chi connectivity index (χ1n) is 6.34. The first kappa shape index (κ1) is 14.7. The molecule has 0 aromatic heterocycles. The van der Waals surface area contributed by atoms with Gasteiger partial charge in [0.2, 0.25) is 6.41 Å². The Morgan fingerprint density at radius 2 is 2.11 bits per heavy atom. The van der Waals surface area contributed by atoms with E-state index in [-0.39, 0.29) is 12.1 Å². The van der Waals surface area contributed by atoms with Crippen LogP contribution < -0.4 is 11.1 Å². The van der Waals surface area contributed by atoms with Gasteiger partial charge in [-0.15, -0.1) is 0 Å². The molecule has 2 unspecified atom stereocenters. The lowest BCUT2D eigenvalue weighted by Gasteiger charge is -2.19. The number of nitrogens with two attached hydrogens (primary N) is 1. The van der Waals surface area contributed by atoms with Crippen LogP contribution in [0.4, 0.5) is 0 Å². The van der Waals surface area contributed by atoms with E-state index in [4.69, 9.17) is 10.5 Å². The summed E-state index contributed by atoms with van der Waals surface area (Å²) < 4.78 is 5.78. The summed E-state index contributed by atoms with van der Waals surface area (Å²) in [6.45, 7) is 3.15. The number of benzene rings is 1. The van der Waals surface area contributed by atoms with E-state index in [1.807, 2.05) is 37.3 Å². The first-order valence-corrected chi connectivity index (χ1v) is 6.34. The van der Waals surface area contributed by atoms with Crippen LogP contribution in [0.5, 0.6) is 0 Å². The Balaban J connectivity index is 2.38. The maximum Gasteiger partial charge on any atom is 0.207 e. The van der Waals surface area contributed by atoms with Crippen molar-refractivity contribution in [1.82, 2.24) is 5.32 Å². The van der Waals surface area contributed by atoms with E-state index in [1.165, 1.54) is 0 Å². The number of carbonyl (C=O) groups excluding carboxylic acids is 1. The summed E-state index contributed by atoms with van der Waals surface area (Å²) in [4.78, 5) is 10.5. The van der Waals surface area contributed by atoms with E-state index >= 15 is 0 Å². The minimum atomic E-state index is 0.0278. The van der Waals surface area contributed by atoms with Gasteiger partial charge in [-0.05, 0) is 31.9 Å². The van der Waals surface area contributed by atoms with Crippen molar-refractivity contribution in [2.24, 2.45) is 5.73 Å². The van der Waals surface area contributed by atoms with Crippen molar-refractivity contribution in [3.8, 4) is 0 Å². The quantitative estimate of drug-likeness (QED) is 0.655. The number of rotatable bonds is 9. The zero-order valence-electron chi connectivity index (χ0n) is 10.8. The molecule has 0 aliphatic rings. The molecule has 1 amide bonds. The van der Waals surface area contributed by atoms with E-state index < -0.39 is 0 Å². The molecule has 0 heterocycles. The van der Waals surface area contributed by atoms with Crippen molar-refractivity contribution < 1.29 is 9.53 Å². The third kappa shape index (κ3) is 5.29. The van der Waals surface area contributed by atoms with Gasteiger partial charge >= 0.3 is 0 Å². The maximum atomic E-state index is 10.5. The van der Waals surface area contributed by atoms with E-state index in [2.05, 4.69) is 5.32 Å². The average Bonchev–Trinajstić information content (AvgIpc) is 2.42. The second-order valence-corrected chi connectivity index (χ2v) is 4.30. The van der Waals surface area contributed by atoms with Crippen LogP contribution >= 0.6 is 0 Å². The van der Waals surface area contributed by atoms with Gasteiger partial charge in [0.25, 0.3) is 0 Å². The number of ether oxygens (including phenoxy) is 1. The first-order chi connectivity index (χ1) is 8.77. The van der Waals surface area contributed by atoms with Crippen LogP contribution in [0.25, 0.3) is 0 Å². The molecule has 4 nitrogen and oxygen atoms in total. The molecule has 0 aliphatic carbocycles. The molecule has 0 fully saturated rings. The van der Waals surface area contributed by atoms with Gasteiger partial charge in [-0.3, -0.25) is 4.79 Å². The third-order valence-corrected chi connectivity index (χ3v) is 2.88. The van der Waals surface area contributed by atoms with Crippen molar-refractivity contribution in [2.45, 2.75) is 31.9 Å². The van der Waals surface area contributed by atoms with Gasteiger partial charge < -0.3 is 15.8 Å². The standard InChI is InChI=1S/C14H22N2O2/c1-12(13-6-3-2-4-7-13)18-10-14(16-11-17)8-5-9-15/h2-4,6-7,11-12,14H,5,8-10,15H2,1H3,(H,16,17). The van der Waals surface area contributed by atoms with Crippen molar-refractivity contribution in [3.63, 3.8) is 0 Å². The zero-order chi connectivity index (χ0) is 13.2. The highest BCUT2D eigenvalue weighted by Crippen LogP contribution is 2.16. The summed E-state index contributed by atoms with van der Waals surface area (Å²) >= 11 is 0. The maximum absolute atomic E-state index is 10.5. The van der Waals surface area contributed by atoms with Crippen LogP contribution in [-0.2, 0) is 9.53 Å². The van der Waals surface area contributed by atoms with Crippen molar-refractivity contribution in [1.29, 1.82) is 0 Å². The van der Waals surface area contributed by atoms with Gasteiger partial charge in [0.05, 0.1) is 18.8 Å².